The Bertz CT molecular complexity index is 496. The van der Waals surface area contributed by atoms with Crippen LogP contribution in [0.3, 0.4) is 0 Å². The van der Waals surface area contributed by atoms with Crippen LogP contribution in [0.15, 0.2) is 30.3 Å². The first-order chi connectivity index (χ1) is 7.73. The van der Waals surface area contributed by atoms with Gasteiger partial charge in [0.05, 0.1) is 0 Å². The molecule has 18 heavy (non-hydrogen) atoms. The van der Waals surface area contributed by atoms with Gasteiger partial charge in [0, 0.05) is 6.92 Å². The molecule has 0 bridgehead atoms. The number of rotatable bonds is 5. The summed E-state index contributed by atoms with van der Waals surface area (Å²) in [5.41, 5.74) is 0.439. The quantitative estimate of drug-likeness (QED) is 0.439. The molecular formula is C10H13KO6S. The van der Waals surface area contributed by atoms with E-state index in [1.807, 2.05) is 0 Å². The van der Waals surface area contributed by atoms with Gasteiger partial charge in [-0.3, -0.25) is 0 Å². The molecule has 0 spiro atoms. The molecule has 0 heterocycles. The van der Waals surface area contributed by atoms with Crippen molar-refractivity contribution in [2.45, 2.75) is 18.5 Å². The molecule has 0 fully saturated rings. The van der Waals surface area contributed by atoms with Crippen molar-refractivity contribution in [3.8, 4) is 0 Å². The van der Waals surface area contributed by atoms with E-state index in [1.54, 1.807) is 30.3 Å². The Morgan fingerprint density at radius 1 is 1.33 bits per heavy atom. The van der Waals surface area contributed by atoms with E-state index < -0.39 is 27.6 Å². The van der Waals surface area contributed by atoms with E-state index in [-0.39, 0.29) is 51.4 Å². The molecule has 1 atom stereocenters. The summed E-state index contributed by atoms with van der Waals surface area (Å²) in [5.74, 6) is -5.03. The number of aliphatic carboxylic acids is 1. The Kier molecular flexibility index (Phi) is 7.18. The van der Waals surface area contributed by atoms with Crippen LogP contribution in [0.25, 0.3) is 0 Å². The molecule has 1 rings (SSSR count). The van der Waals surface area contributed by atoms with Crippen LogP contribution in [-0.4, -0.2) is 81.8 Å². The van der Waals surface area contributed by atoms with Crippen molar-refractivity contribution in [1.29, 1.82) is 0 Å². The van der Waals surface area contributed by atoms with E-state index in [9.17, 15) is 18.3 Å². The summed E-state index contributed by atoms with van der Waals surface area (Å²) in [6.07, 6.45) is 0. The van der Waals surface area contributed by atoms with Crippen LogP contribution < -0.4 is 0 Å². The predicted molar refractivity (Wildman–Crippen MR) is 65.6 cm³/mol. The number of hydrogen-bond acceptors (Lipinski definition) is 5. The van der Waals surface area contributed by atoms with Crippen molar-refractivity contribution >= 4 is 67.5 Å². The Hall–Kier alpha value is 0.196. The summed E-state index contributed by atoms with van der Waals surface area (Å²) in [7, 11) is -4.17. The Morgan fingerprint density at radius 3 is 2.28 bits per heavy atom. The fourth-order valence-electron chi connectivity index (χ4n) is 1.09. The van der Waals surface area contributed by atoms with E-state index in [0.717, 1.165) is 6.92 Å². The summed E-state index contributed by atoms with van der Waals surface area (Å²) in [5, 5.41) is 17.7. The third kappa shape index (κ3) is 5.89. The van der Waals surface area contributed by atoms with Crippen molar-refractivity contribution in [3.63, 3.8) is 0 Å². The summed E-state index contributed by atoms with van der Waals surface area (Å²) in [6.45, 7) is 0.748. The monoisotopic (exact) mass is 300 g/mol. The van der Waals surface area contributed by atoms with Gasteiger partial charge in [0.2, 0.25) is 0 Å². The fraction of sp³-hybridized carbons (Fsp3) is 0.300. The van der Waals surface area contributed by atoms with Crippen LogP contribution in [0.4, 0.5) is 0 Å². The molecule has 2 N–H and O–H groups in total. The summed E-state index contributed by atoms with van der Waals surface area (Å²) in [6, 6.07) is 8.09. The van der Waals surface area contributed by atoms with Crippen LogP contribution >= 0.6 is 0 Å². The first-order valence-electron chi connectivity index (χ1n) is 4.66. The molecule has 0 aliphatic rings. The maximum absolute atomic E-state index is 11.5. The number of carbonyl (C=O) groups is 1. The van der Waals surface area contributed by atoms with Crippen LogP contribution in [0.1, 0.15) is 12.5 Å². The van der Waals surface area contributed by atoms with E-state index in [0.29, 0.717) is 5.56 Å². The minimum absolute atomic E-state index is 0. The van der Waals surface area contributed by atoms with Gasteiger partial charge in [-0.05, 0) is 5.56 Å². The molecule has 0 radical (unpaired) electrons. The molecule has 1 aromatic rings. The van der Waals surface area contributed by atoms with E-state index in [4.69, 9.17) is 5.11 Å². The number of carboxylic acids is 1. The minimum atomic E-state index is -4.17. The number of hydrogen-bond donors (Lipinski definition) is 2. The Labute approximate surface area is 148 Å². The van der Waals surface area contributed by atoms with Gasteiger partial charge in [0.25, 0.3) is 15.9 Å². The van der Waals surface area contributed by atoms with E-state index in [1.165, 1.54) is 0 Å². The topological polar surface area (TPSA) is 101 Å². The van der Waals surface area contributed by atoms with Crippen LogP contribution in [0, 0.1) is 0 Å². The standard InChI is InChI=1S/C10H12O6S.K.H/c1-10(13,9(11)12)16-17(14,15)7-8-5-3-2-4-6-8;;/h2-6,13H,7H2,1H3,(H,11,12);;. The Balaban J connectivity index is 0.00000289. The van der Waals surface area contributed by atoms with Gasteiger partial charge in [0.15, 0.2) is 0 Å². The van der Waals surface area contributed by atoms with Crippen molar-refractivity contribution < 1.29 is 27.6 Å². The maximum atomic E-state index is 11.5. The average molecular weight is 300 g/mol. The average Bonchev–Trinajstić information content (AvgIpc) is 2.16. The molecule has 0 aliphatic carbocycles. The van der Waals surface area contributed by atoms with Crippen LogP contribution in [0.2, 0.25) is 0 Å². The molecule has 0 amide bonds. The Morgan fingerprint density at radius 2 is 1.83 bits per heavy atom. The first kappa shape index (κ1) is 18.2. The fourth-order valence-corrected chi connectivity index (χ4v) is 2.32. The first-order valence-corrected chi connectivity index (χ1v) is 6.24. The van der Waals surface area contributed by atoms with Gasteiger partial charge >= 0.3 is 57.4 Å². The molecular weight excluding hydrogens is 287 g/mol. The second kappa shape index (κ2) is 7.11. The summed E-state index contributed by atoms with van der Waals surface area (Å²) < 4.78 is 27.2. The third-order valence-electron chi connectivity index (χ3n) is 1.87. The zero-order valence-electron chi connectivity index (χ0n) is 9.03. The molecule has 8 heteroatoms. The van der Waals surface area contributed by atoms with Gasteiger partial charge < -0.3 is 10.2 Å². The normalized spacial score (nSPS) is 14.3. The molecule has 0 saturated heterocycles. The zero-order valence-corrected chi connectivity index (χ0v) is 9.85. The van der Waals surface area contributed by atoms with Crippen LogP contribution in [-0.2, 0) is 24.8 Å². The van der Waals surface area contributed by atoms with Gasteiger partial charge in [-0.25, -0.2) is 8.98 Å². The van der Waals surface area contributed by atoms with Crippen molar-refractivity contribution in [3.05, 3.63) is 35.9 Å². The number of carboxylic acid groups (broad SMARTS) is 1. The zero-order chi connectivity index (χ0) is 13.1. The molecule has 1 aromatic carbocycles. The van der Waals surface area contributed by atoms with Crippen molar-refractivity contribution in [1.82, 2.24) is 0 Å². The molecule has 1 unspecified atom stereocenters. The molecule has 0 saturated carbocycles. The van der Waals surface area contributed by atoms with Gasteiger partial charge in [-0.15, -0.1) is 0 Å². The summed E-state index contributed by atoms with van der Waals surface area (Å²) in [4.78, 5) is 10.5. The van der Waals surface area contributed by atoms with Crippen molar-refractivity contribution in [2.24, 2.45) is 0 Å². The van der Waals surface area contributed by atoms with Crippen LogP contribution in [0.5, 0.6) is 0 Å². The summed E-state index contributed by atoms with van der Waals surface area (Å²) >= 11 is 0. The van der Waals surface area contributed by atoms with E-state index >= 15 is 0 Å². The molecule has 96 valence electrons. The van der Waals surface area contributed by atoms with Gasteiger partial charge in [-0.2, -0.15) is 8.42 Å². The molecule has 0 aliphatic heterocycles. The third-order valence-corrected chi connectivity index (χ3v) is 3.14. The number of benzene rings is 1. The van der Waals surface area contributed by atoms with Gasteiger partial charge in [0.1, 0.15) is 5.75 Å². The second-order valence-electron chi connectivity index (χ2n) is 3.56. The molecule has 0 aromatic heterocycles. The van der Waals surface area contributed by atoms with Crippen molar-refractivity contribution in [2.75, 3.05) is 0 Å². The molecule has 6 nitrogen and oxygen atoms in total. The number of aliphatic hydroxyl groups is 1. The SMILES string of the molecule is CC(O)(OS(=O)(=O)Cc1ccccc1)C(=O)O.[KH]. The second-order valence-corrected chi connectivity index (χ2v) is 5.13. The van der Waals surface area contributed by atoms with Gasteiger partial charge in [-0.1, -0.05) is 30.3 Å². The van der Waals surface area contributed by atoms with E-state index in [2.05, 4.69) is 4.18 Å². The predicted octanol–water partition coefficient (Wildman–Crippen LogP) is -0.322.